The molecule has 0 radical (unpaired) electrons. The molecule has 3 fully saturated rings. The lowest BCUT2D eigenvalue weighted by molar-refractivity contribution is -0.123. The standard InChI is InChI=1S/C16H21N3O2S.C6H4Cl2/c1-18-7-9-19(10-8-18)13-5-3-2-4-12(13)14-16(21-14)15(20)17-6-11-22-16;7-5-3-1-2-4-6(5)8/h2-5,14H,6-11H2,1H3,(H,17,20);1-4H. The van der Waals surface area contributed by atoms with E-state index < -0.39 is 4.93 Å². The van der Waals surface area contributed by atoms with Gasteiger partial charge in [0.15, 0.2) is 0 Å². The van der Waals surface area contributed by atoms with Crippen LogP contribution in [-0.4, -0.2) is 61.3 Å². The molecule has 8 heteroatoms. The van der Waals surface area contributed by atoms with Crippen LogP contribution in [-0.2, 0) is 9.53 Å². The Morgan fingerprint density at radius 2 is 1.67 bits per heavy atom. The summed E-state index contributed by atoms with van der Waals surface area (Å²) < 4.78 is 5.91. The number of rotatable bonds is 2. The number of nitrogens with zero attached hydrogens (tertiary/aromatic N) is 2. The average Bonchev–Trinajstić information content (AvgIpc) is 3.48. The SMILES string of the molecule is CN1CCN(c2ccccc2C2OC23SCCNC3=O)CC1.Clc1ccccc1Cl. The second-order valence-electron chi connectivity index (χ2n) is 7.53. The monoisotopic (exact) mass is 465 g/mol. The number of nitrogens with one attached hydrogen (secondary N) is 1. The zero-order valence-corrected chi connectivity index (χ0v) is 19.1. The predicted molar refractivity (Wildman–Crippen MR) is 125 cm³/mol. The van der Waals surface area contributed by atoms with Crippen molar-refractivity contribution >= 4 is 46.6 Å². The van der Waals surface area contributed by atoms with E-state index in [9.17, 15) is 4.79 Å². The van der Waals surface area contributed by atoms with Gasteiger partial charge in [-0.15, -0.1) is 11.8 Å². The molecule has 2 aromatic carbocycles. The highest BCUT2D eigenvalue weighted by atomic mass is 35.5. The molecule has 2 atom stereocenters. The number of hydrogen-bond acceptors (Lipinski definition) is 5. The van der Waals surface area contributed by atoms with E-state index in [-0.39, 0.29) is 12.0 Å². The average molecular weight is 466 g/mol. The fourth-order valence-corrected chi connectivity index (χ4v) is 5.16. The lowest BCUT2D eigenvalue weighted by Crippen LogP contribution is -2.45. The fraction of sp³-hybridized carbons (Fsp3) is 0.409. The van der Waals surface area contributed by atoms with Crippen LogP contribution in [0, 0.1) is 0 Å². The highest BCUT2D eigenvalue weighted by Gasteiger charge is 2.65. The molecule has 0 saturated carbocycles. The van der Waals surface area contributed by atoms with Crippen molar-refractivity contribution < 1.29 is 9.53 Å². The van der Waals surface area contributed by atoms with Gasteiger partial charge in [0.25, 0.3) is 5.91 Å². The minimum Gasteiger partial charge on any atom is -0.369 e. The number of amides is 1. The molecule has 5 nitrogen and oxygen atoms in total. The Hall–Kier alpha value is -1.44. The number of halogens is 2. The van der Waals surface area contributed by atoms with Crippen LogP contribution in [0.5, 0.6) is 0 Å². The van der Waals surface area contributed by atoms with Crippen molar-refractivity contribution in [3.05, 3.63) is 64.1 Å². The highest BCUT2D eigenvalue weighted by molar-refractivity contribution is 8.01. The molecule has 5 rings (SSSR count). The lowest BCUT2D eigenvalue weighted by Gasteiger charge is -2.35. The van der Waals surface area contributed by atoms with Gasteiger partial charge in [0.05, 0.1) is 10.0 Å². The molecule has 0 aliphatic carbocycles. The van der Waals surface area contributed by atoms with E-state index in [0.717, 1.165) is 44.0 Å². The number of benzene rings is 2. The summed E-state index contributed by atoms with van der Waals surface area (Å²) in [6.07, 6.45) is -0.117. The Morgan fingerprint density at radius 3 is 2.30 bits per heavy atom. The van der Waals surface area contributed by atoms with Crippen LogP contribution in [0.4, 0.5) is 5.69 Å². The molecule has 3 saturated heterocycles. The second-order valence-corrected chi connectivity index (χ2v) is 9.65. The lowest BCUT2D eigenvalue weighted by atomic mass is 10.0. The highest BCUT2D eigenvalue weighted by Crippen LogP contribution is 2.59. The van der Waals surface area contributed by atoms with Gasteiger partial charge in [0.1, 0.15) is 6.10 Å². The Balaban J connectivity index is 0.000000230. The molecule has 0 aromatic heterocycles. The van der Waals surface area contributed by atoms with E-state index in [1.807, 2.05) is 18.2 Å². The molecule has 3 aliphatic heterocycles. The summed E-state index contributed by atoms with van der Waals surface area (Å²) >= 11 is 12.8. The first-order chi connectivity index (χ1) is 14.5. The largest absolute Gasteiger partial charge is 0.369 e. The Morgan fingerprint density at radius 1 is 1.03 bits per heavy atom. The molecule has 3 heterocycles. The number of para-hydroxylation sites is 1. The van der Waals surface area contributed by atoms with Gasteiger partial charge in [-0.3, -0.25) is 4.79 Å². The normalized spacial score (nSPS) is 26.0. The number of carbonyl (C=O) groups is 1. The number of hydrogen-bond donors (Lipinski definition) is 1. The van der Waals surface area contributed by atoms with E-state index in [1.165, 1.54) is 5.69 Å². The summed E-state index contributed by atoms with van der Waals surface area (Å²) in [5, 5.41) is 4.15. The number of piperazine rings is 1. The number of likely N-dealkylation sites (N-methyl/N-ethyl adjacent to an activating group) is 1. The third-order valence-electron chi connectivity index (χ3n) is 5.49. The molecular formula is C22H25Cl2N3O2S. The predicted octanol–water partition coefficient (Wildman–Crippen LogP) is 4.06. The third kappa shape index (κ3) is 4.58. The Labute approximate surface area is 191 Å². The molecular weight excluding hydrogens is 441 g/mol. The third-order valence-corrected chi connectivity index (χ3v) is 7.58. The van der Waals surface area contributed by atoms with Crippen molar-refractivity contribution in [2.24, 2.45) is 0 Å². The molecule has 2 unspecified atom stereocenters. The molecule has 0 bridgehead atoms. The quantitative estimate of drug-likeness (QED) is 0.677. The fourth-order valence-electron chi connectivity index (χ4n) is 3.73. The molecule has 1 amide bonds. The maximum absolute atomic E-state index is 12.2. The van der Waals surface area contributed by atoms with Crippen LogP contribution < -0.4 is 10.2 Å². The summed E-state index contributed by atoms with van der Waals surface area (Å²) in [5.41, 5.74) is 2.37. The van der Waals surface area contributed by atoms with Gasteiger partial charge in [-0.25, -0.2) is 0 Å². The van der Waals surface area contributed by atoms with E-state index in [4.69, 9.17) is 27.9 Å². The van der Waals surface area contributed by atoms with Crippen molar-refractivity contribution in [1.29, 1.82) is 0 Å². The number of anilines is 1. The molecule has 1 spiro atoms. The zero-order chi connectivity index (χ0) is 21.1. The van der Waals surface area contributed by atoms with Crippen molar-refractivity contribution in [1.82, 2.24) is 10.2 Å². The minimum absolute atomic E-state index is 0.0296. The Bertz CT molecular complexity index is 886. The van der Waals surface area contributed by atoms with Gasteiger partial charge in [-0.2, -0.15) is 0 Å². The zero-order valence-electron chi connectivity index (χ0n) is 16.8. The van der Waals surface area contributed by atoms with E-state index in [0.29, 0.717) is 10.0 Å². The molecule has 2 aromatic rings. The number of epoxide rings is 1. The summed E-state index contributed by atoms with van der Waals surface area (Å²) in [6, 6.07) is 15.6. The molecule has 1 N–H and O–H groups in total. The summed E-state index contributed by atoms with van der Waals surface area (Å²) in [7, 11) is 2.16. The van der Waals surface area contributed by atoms with Crippen molar-refractivity contribution in [2.45, 2.75) is 11.0 Å². The van der Waals surface area contributed by atoms with Gasteiger partial charge in [0, 0.05) is 49.7 Å². The summed E-state index contributed by atoms with van der Waals surface area (Å²) in [5.74, 6) is 0.945. The van der Waals surface area contributed by atoms with Crippen LogP contribution in [0.15, 0.2) is 48.5 Å². The first kappa shape index (κ1) is 21.8. The summed E-state index contributed by atoms with van der Waals surface area (Å²) in [6.45, 7) is 4.92. The van der Waals surface area contributed by atoms with Crippen molar-refractivity contribution in [3.8, 4) is 0 Å². The van der Waals surface area contributed by atoms with E-state index >= 15 is 0 Å². The van der Waals surface area contributed by atoms with E-state index in [1.54, 1.807) is 23.9 Å². The van der Waals surface area contributed by atoms with Crippen LogP contribution in [0.2, 0.25) is 10.0 Å². The molecule has 160 valence electrons. The number of ether oxygens (including phenoxy) is 1. The second kappa shape index (κ2) is 9.37. The topological polar surface area (TPSA) is 48.1 Å². The van der Waals surface area contributed by atoms with Crippen LogP contribution >= 0.6 is 35.0 Å². The van der Waals surface area contributed by atoms with Gasteiger partial charge >= 0.3 is 0 Å². The number of thioether (sulfide) groups is 1. The van der Waals surface area contributed by atoms with Crippen molar-refractivity contribution in [3.63, 3.8) is 0 Å². The van der Waals surface area contributed by atoms with E-state index in [2.05, 4.69) is 40.4 Å². The van der Waals surface area contributed by atoms with Crippen LogP contribution in [0.25, 0.3) is 0 Å². The van der Waals surface area contributed by atoms with Gasteiger partial charge < -0.3 is 19.9 Å². The molecule has 30 heavy (non-hydrogen) atoms. The number of carbonyl (C=O) groups excluding carboxylic acids is 1. The minimum atomic E-state index is -0.680. The maximum Gasteiger partial charge on any atom is 0.266 e. The van der Waals surface area contributed by atoms with Gasteiger partial charge in [-0.05, 0) is 25.2 Å². The molecule has 3 aliphatic rings. The maximum atomic E-state index is 12.2. The first-order valence-corrected chi connectivity index (χ1v) is 11.8. The smallest absolute Gasteiger partial charge is 0.266 e. The summed E-state index contributed by atoms with van der Waals surface area (Å²) in [4.78, 5) is 16.3. The van der Waals surface area contributed by atoms with Crippen LogP contribution in [0.3, 0.4) is 0 Å². The van der Waals surface area contributed by atoms with Gasteiger partial charge in [0.2, 0.25) is 4.93 Å². The van der Waals surface area contributed by atoms with Crippen molar-refractivity contribution in [2.75, 3.05) is 50.4 Å². The van der Waals surface area contributed by atoms with Gasteiger partial charge in [-0.1, -0.05) is 53.5 Å². The Kier molecular flexibility index (Phi) is 6.80. The first-order valence-electron chi connectivity index (χ1n) is 10.0. The van der Waals surface area contributed by atoms with Crippen LogP contribution in [0.1, 0.15) is 11.7 Å².